The van der Waals surface area contributed by atoms with Crippen molar-refractivity contribution >= 4 is 11.6 Å². The van der Waals surface area contributed by atoms with E-state index in [0.717, 1.165) is 11.1 Å². The van der Waals surface area contributed by atoms with Gasteiger partial charge in [0, 0.05) is 0 Å². The molecular formula is C11H15ClO. The Bertz CT molecular complexity index is 307. The van der Waals surface area contributed by atoms with Crippen molar-refractivity contribution in [1.29, 1.82) is 0 Å². The van der Waals surface area contributed by atoms with Crippen LogP contribution in [-0.4, -0.2) is 11.0 Å². The van der Waals surface area contributed by atoms with Crippen LogP contribution in [0.15, 0.2) is 12.1 Å². The fourth-order valence-corrected chi connectivity index (χ4v) is 1.59. The Hall–Kier alpha value is -0.530. The Balaban J connectivity index is 3.15. The largest absolute Gasteiger partial charge is 0.387 e. The molecule has 0 saturated heterocycles. The van der Waals surface area contributed by atoms with E-state index in [0.29, 0.717) is 0 Å². The van der Waals surface area contributed by atoms with Crippen molar-refractivity contribution < 1.29 is 5.11 Å². The van der Waals surface area contributed by atoms with E-state index in [1.807, 2.05) is 19.9 Å². The predicted octanol–water partition coefficient (Wildman–Crippen LogP) is 2.88. The molecule has 0 heterocycles. The van der Waals surface area contributed by atoms with Gasteiger partial charge in [0.05, 0.1) is 12.0 Å². The minimum Gasteiger partial charge on any atom is -0.387 e. The number of hydrogen-bond acceptors (Lipinski definition) is 1. The van der Waals surface area contributed by atoms with E-state index < -0.39 is 6.10 Å². The van der Waals surface area contributed by atoms with Crippen LogP contribution in [0.3, 0.4) is 0 Å². The highest BCUT2D eigenvalue weighted by molar-refractivity contribution is 6.18. The molecule has 72 valence electrons. The van der Waals surface area contributed by atoms with Crippen LogP contribution in [-0.2, 0) is 0 Å². The van der Waals surface area contributed by atoms with E-state index in [1.165, 1.54) is 11.1 Å². The number of aliphatic hydroxyl groups is 1. The van der Waals surface area contributed by atoms with Gasteiger partial charge in [0.15, 0.2) is 0 Å². The monoisotopic (exact) mass is 198 g/mol. The molecule has 13 heavy (non-hydrogen) atoms. The first-order valence-electron chi connectivity index (χ1n) is 4.38. The zero-order valence-corrected chi connectivity index (χ0v) is 9.02. The van der Waals surface area contributed by atoms with Gasteiger partial charge in [-0.1, -0.05) is 12.1 Å². The predicted molar refractivity (Wildman–Crippen MR) is 56.3 cm³/mol. The third kappa shape index (κ3) is 2.23. The fourth-order valence-electron chi connectivity index (χ4n) is 1.42. The zero-order valence-electron chi connectivity index (χ0n) is 8.26. The van der Waals surface area contributed by atoms with E-state index in [2.05, 4.69) is 13.0 Å². The van der Waals surface area contributed by atoms with Gasteiger partial charge in [-0.05, 0) is 43.0 Å². The van der Waals surface area contributed by atoms with Gasteiger partial charge < -0.3 is 5.11 Å². The fraction of sp³-hybridized carbons (Fsp3) is 0.455. The number of hydrogen-bond donors (Lipinski definition) is 1. The summed E-state index contributed by atoms with van der Waals surface area (Å²) < 4.78 is 0. The lowest BCUT2D eigenvalue weighted by Gasteiger charge is -2.13. The number of aliphatic hydroxyl groups excluding tert-OH is 1. The highest BCUT2D eigenvalue weighted by Gasteiger charge is 2.09. The van der Waals surface area contributed by atoms with Crippen LogP contribution in [0.2, 0.25) is 0 Å². The summed E-state index contributed by atoms with van der Waals surface area (Å²) in [6.45, 7) is 6.11. The molecule has 0 fully saturated rings. The van der Waals surface area contributed by atoms with E-state index in [4.69, 9.17) is 11.6 Å². The number of alkyl halides is 1. The van der Waals surface area contributed by atoms with Gasteiger partial charge in [-0.15, -0.1) is 11.6 Å². The molecule has 0 saturated carbocycles. The Morgan fingerprint density at radius 1 is 1.15 bits per heavy atom. The first-order chi connectivity index (χ1) is 6.06. The van der Waals surface area contributed by atoms with Crippen molar-refractivity contribution in [2.45, 2.75) is 26.9 Å². The number of halogens is 1. The molecular weight excluding hydrogens is 184 g/mol. The lowest BCUT2D eigenvalue weighted by atomic mass is 9.98. The Labute approximate surface area is 84.4 Å². The molecule has 0 aliphatic carbocycles. The smallest absolute Gasteiger partial charge is 0.0927 e. The first kappa shape index (κ1) is 10.6. The lowest BCUT2D eigenvalue weighted by Crippen LogP contribution is -2.02. The summed E-state index contributed by atoms with van der Waals surface area (Å²) in [4.78, 5) is 0. The molecule has 0 spiro atoms. The Kier molecular flexibility index (Phi) is 3.34. The zero-order chi connectivity index (χ0) is 10.0. The molecule has 1 N–H and O–H groups in total. The quantitative estimate of drug-likeness (QED) is 0.725. The summed E-state index contributed by atoms with van der Waals surface area (Å²) in [5.41, 5.74) is 4.50. The second-order valence-electron chi connectivity index (χ2n) is 3.46. The molecule has 0 aliphatic rings. The molecule has 0 aliphatic heterocycles. The minimum atomic E-state index is -0.541. The molecule has 1 aromatic rings. The molecule has 0 bridgehead atoms. The average Bonchev–Trinajstić information content (AvgIpc) is 2.10. The van der Waals surface area contributed by atoms with E-state index in [-0.39, 0.29) is 5.88 Å². The van der Waals surface area contributed by atoms with Crippen molar-refractivity contribution in [3.8, 4) is 0 Å². The van der Waals surface area contributed by atoms with E-state index >= 15 is 0 Å². The highest BCUT2D eigenvalue weighted by atomic mass is 35.5. The van der Waals surface area contributed by atoms with Gasteiger partial charge in [0.2, 0.25) is 0 Å². The topological polar surface area (TPSA) is 20.2 Å². The highest BCUT2D eigenvalue weighted by Crippen LogP contribution is 2.22. The molecule has 0 radical (unpaired) electrons. The van der Waals surface area contributed by atoms with Crippen LogP contribution >= 0.6 is 11.6 Å². The van der Waals surface area contributed by atoms with Gasteiger partial charge in [-0.2, -0.15) is 0 Å². The maximum absolute atomic E-state index is 9.59. The number of benzene rings is 1. The Morgan fingerprint density at radius 3 is 2.23 bits per heavy atom. The van der Waals surface area contributed by atoms with Gasteiger partial charge in [-0.3, -0.25) is 0 Å². The summed E-state index contributed by atoms with van der Waals surface area (Å²) in [5.74, 6) is 0.253. The lowest BCUT2D eigenvalue weighted by molar-refractivity contribution is 0.202. The van der Waals surface area contributed by atoms with Gasteiger partial charge in [0.1, 0.15) is 0 Å². The summed E-state index contributed by atoms with van der Waals surface area (Å²) in [6, 6.07) is 4.10. The molecule has 1 nitrogen and oxygen atoms in total. The third-order valence-corrected chi connectivity index (χ3v) is 2.68. The van der Waals surface area contributed by atoms with Crippen LogP contribution in [0.1, 0.15) is 28.4 Å². The van der Waals surface area contributed by atoms with E-state index in [1.54, 1.807) is 0 Å². The third-order valence-electron chi connectivity index (χ3n) is 2.39. The summed E-state index contributed by atoms with van der Waals surface area (Å²) in [6.07, 6.45) is -0.541. The van der Waals surface area contributed by atoms with Crippen LogP contribution in [0, 0.1) is 20.8 Å². The molecule has 1 atom stereocenters. The van der Waals surface area contributed by atoms with Crippen LogP contribution in [0.5, 0.6) is 0 Å². The van der Waals surface area contributed by atoms with Crippen molar-refractivity contribution in [1.82, 2.24) is 0 Å². The molecule has 0 aromatic heterocycles. The number of rotatable bonds is 2. The molecule has 2 heteroatoms. The van der Waals surface area contributed by atoms with E-state index in [9.17, 15) is 5.11 Å². The first-order valence-corrected chi connectivity index (χ1v) is 4.91. The molecule has 0 amide bonds. The Morgan fingerprint density at radius 2 is 1.69 bits per heavy atom. The maximum atomic E-state index is 9.59. The van der Waals surface area contributed by atoms with Gasteiger partial charge >= 0.3 is 0 Å². The average molecular weight is 199 g/mol. The van der Waals surface area contributed by atoms with Crippen LogP contribution in [0.4, 0.5) is 0 Å². The standard InChI is InChI=1S/C11H15ClO/c1-7-4-9(3)10(5-8(7)2)11(13)6-12/h4-5,11,13H,6H2,1-3H3. The van der Waals surface area contributed by atoms with Crippen molar-refractivity contribution in [3.63, 3.8) is 0 Å². The normalized spacial score (nSPS) is 13.0. The molecule has 1 rings (SSSR count). The van der Waals surface area contributed by atoms with Crippen LogP contribution in [0.25, 0.3) is 0 Å². The second-order valence-corrected chi connectivity index (χ2v) is 3.77. The maximum Gasteiger partial charge on any atom is 0.0927 e. The molecule has 1 unspecified atom stereocenters. The SMILES string of the molecule is Cc1cc(C)c(C(O)CCl)cc1C. The summed E-state index contributed by atoms with van der Waals surface area (Å²) in [5, 5.41) is 9.59. The second kappa shape index (κ2) is 4.12. The van der Waals surface area contributed by atoms with Crippen molar-refractivity contribution in [2.75, 3.05) is 5.88 Å². The van der Waals surface area contributed by atoms with Crippen LogP contribution < -0.4 is 0 Å². The van der Waals surface area contributed by atoms with Crippen molar-refractivity contribution in [2.24, 2.45) is 0 Å². The summed E-state index contributed by atoms with van der Waals surface area (Å²) >= 11 is 5.60. The number of aryl methyl sites for hydroxylation is 3. The van der Waals surface area contributed by atoms with Gasteiger partial charge in [-0.25, -0.2) is 0 Å². The molecule has 1 aromatic carbocycles. The summed E-state index contributed by atoms with van der Waals surface area (Å²) in [7, 11) is 0. The van der Waals surface area contributed by atoms with Crippen molar-refractivity contribution in [3.05, 3.63) is 34.4 Å². The van der Waals surface area contributed by atoms with Gasteiger partial charge in [0.25, 0.3) is 0 Å². The minimum absolute atomic E-state index is 0.253.